The van der Waals surface area contributed by atoms with Crippen molar-refractivity contribution in [2.24, 2.45) is 0 Å². The molecule has 0 saturated heterocycles. The van der Waals surface area contributed by atoms with Crippen LogP contribution in [0.25, 0.3) is 17.0 Å². The van der Waals surface area contributed by atoms with Crippen molar-refractivity contribution in [2.75, 3.05) is 6.61 Å². The van der Waals surface area contributed by atoms with Gasteiger partial charge in [-0.05, 0) is 32.9 Å². The molecule has 5 heteroatoms. The number of carbonyl (C=O) groups excluding carboxylic acids is 2. The molecule has 0 aliphatic carbocycles. The van der Waals surface area contributed by atoms with Crippen LogP contribution in [0.1, 0.15) is 26.3 Å². The zero-order chi connectivity index (χ0) is 16.9. The van der Waals surface area contributed by atoms with Gasteiger partial charge in [-0.15, -0.1) is 0 Å². The number of aromatic nitrogens is 1. The molecule has 1 heterocycles. The lowest BCUT2D eigenvalue weighted by Crippen LogP contribution is -2.42. The Morgan fingerprint density at radius 1 is 1.22 bits per heavy atom. The molecule has 1 amide bonds. The van der Waals surface area contributed by atoms with Crippen LogP contribution in [0.3, 0.4) is 0 Å². The lowest BCUT2D eigenvalue weighted by atomic mass is 10.1. The highest BCUT2D eigenvalue weighted by molar-refractivity contribution is 5.93. The van der Waals surface area contributed by atoms with E-state index in [1.165, 1.54) is 6.08 Å². The molecule has 0 unspecified atom stereocenters. The summed E-state index contributed by atoms with van der Waals surface area (Å²) in [7, 11) is 0. The zero-order valence-electron chi connectivity index (χ0n) is 13.5. The third kappa shape index (κ3) is 5.21. The van der Waals surface area contributed by atoms with Crippen LogP contribution in [0, 0.1) is 0 Å². The van der Waals surface area contributed by atoms with Crippen molar-refractivity contribution >= 4 is 28.9 Å². The average molecular weight is 312 g/mol. The van der Waals surface area contributed by atoms with Crippen LogP contribution in [0.4, 0.5) is 0 Å². The van der Waals surface area contributed by atoms with Crippen molar-refractivity contribution in [2.45, 2.75) is 26.3 Å². The number of esters is 1. The number of benzene rings is 1. The number of para-hydroxylation sites is 1. The molecule has 0 saturated carbocycles. The van der Waals surface area contributed by atoms with E-state index in [1.54, 1.807) is 12.3 Å². The predicted octanol–water partition coefficient (Wildman–Crippen LogP) is 2.71. The molecule has 0 bridgehead atoms. The fourth-order valence-corrected chi connectivity index (χ4v) is 2.06. The van der Waals surface area contributed by atoms with Gasteiger partial charge in [0.25, 0.3) is 5.91 Å². The first kappa shape index (κ1) is 16.7. The van der Waals surface area contributed by atoms with E-state index in [1.807, 2.05) is 51.1 Å². The molecule has 0 fully saturated rings. The van der Waals surface area contributed by atoms with Gasteiger partial charge in [0.2, 0.25) is 0 Å². The molecule has 1 N–H and O–H groups in total. The molecule has 120 valence electrons. The molecule has 0 aliphatic rings. The van der Waals surface area contributed by atoms with Crippen LogP contribution in [-0.2, 0) is 14.3 Å². The minimum atomic E-state index is -0.568. The highest BCUT2D eigenvalue weighted by Gasteiger charge is 2.14. The number of hydrogen-bond donors (Lipinski definition) is 1. The molecule has 23 heavy (non-hydrogen) atoms. The number of nitrogens with one attached hydrogen (secondary N) is 1. The number of hydrogen-bond acceptors (Lipinski definition) is 4. The summed E-state index contributed by atoms with van der Waals surface area (Å²) < 4.78 is 4.93. The maximum Gasteiger partial charge on any atom is 0.331 e. The lowest BCUT2D eigenvalue weighted by molar-refractivity contribution is -0.144. The van der Waals surface area contributed by atoms with Crippen molar-refractivity contribution in [1.82, 2.24) is 10.3 Å². The summed E-state index contributed by atoms with van der Waals surface area (Å²) in [5.74, 6) is -0.895. The first-order chi connectivity index (χ1) is 10.8. The number of ether oxygens (including phenoxy) is 1. The second kappa shape index (κ2) is 7.05. The zero-order valence-corrected chi connectivity index (χ0v) is 13.5. The van der Waals surface area contributed by atoms with Gasteiger partial charge in [0, 0.05) is 28.8 Å². The highest BCUT2D eigenvalue weighted by atomic mass is 16.5. The van der Waals surface area contributed by atoms with Gasteiger partial charge in [-0.2, -0.15) is 0 Å². The normalized spacial score (nSPS) is 11.6. The van der Waals surface area contributed by atoms with E-state index in [4.69, 9.17) is 4.74 Å². The van der Waals surface area contributed by atoms with E-state index in [2.05, 4.69) is 10.3 Å². The monoisotopic (exact) mass is 312 g/mol. The first-order valence-electron chi connectivity index (χ1n) is 7.35. The van der Waals surface area contributed by atoms with E-state index in [0.717, 1.165) is 16.5 Å². The summed E-state index contributed by atoms with van der Waals surface area (Å²) in [6.07, 6.45) is 4.64. The van der Waals surface area contributed by atoms with Gasteiger partial charge in [0.05, 0.1) is 5.52 Å². The van der Waals surface area contributed by atoms with E-state index in [-0.39, 0.29) is 18.1 Å². The Hall–Kier alpha value is -2.69. The highest BCUT2D eigenvalue weighted by Crippen LogP contribution is 2.17. The van der Waals surface area contributed by atoms with Gasteiger partial charge >= 0.3 is 5.97 Å². The topological polar surface area (TPSA) is 68.3 Å². The molecule has 0 aliphatic heterocycles. The Kier molecular flexibility index (Phi) is 5.11. The Bertz CT molecular complexity index is 740. The minimum absolute atomic E-state index is 0.297. The second-order valence-electron chi connectivity index (χ2n) is 6.16. The molecule has 1 aromatic carbocycles. The van der Waals surface area contributed by atoms with Gasteiger partial charge in [-0.3, -0.25) is 9.78 Å². The fourth-order valence-electron chi connectivity index (χ4n) is 2.06. The second-order valence-corrected chi connectivity index (χ2v) is 6.16. The van der Waals surface area contributed by atoms with Crippen LogP contribution in [-0.4, -0.2) is 29.0 Å². The van der Waals surface area contributed by atoms with Crippen LogP contribution >= 0.6 is 0 Å². The predicted molar refractivity (Wildman–Crippen MR) is 89.6 cm³/mol. The molecule has 1 aromatic heterocycles. The molecule has 2 rings (SSSR count). The van der Waals surface area contributed by atoms with Gasteiger partial charge in [-0.25, -0.2) is 4.79 Å². The molecule has 2 aromatic rings. The first-order valence-corrected chi connectivity index (χ1v) is 7.35. The summed E-state index contributed by atoms with van der Waals surface area (Å²) in [5, 5.41) is 3.72. The van der Waals surface area contributed by atoms with Crippen LogP contribution in [0.15, 0.2) is 42.6 Å². The van der Waals surface area contributed by atoms with Gasteiger partial charge in [0.15, 0.2) is 6.61 Å². The Morgan fingerprint density at radius 3 is 2.70 bits per heavy atom. The molecule has 5 nitrogen and oxygen atoms in total. The summed E-state index contributed by atoms with van der Waals surface area (Å²) >= 11 is 0. The average Bonchev–Trinajstić information content (AvgIpc) is 2.49. The summed E-state index contributed by atoms with van der Waals surface area (Å²) in [4.78, 5) is 27.6. The van der Waals surface area contributed by atoms with Gasteiger partial charge in [0.1, 0.15) is 0 Å². The molecule has 0 radical (unpaired) electrons. The smallest absolute Gasteiger partial charge is 0.331 e. The van der Waals surface area contributed by atoms with Crippen molar-refractivity contribution in [3.8, 4) is 0 Å². The van der Waals surface area contributed by atoms with Crippen molar-refractivity contribution < 1.29 is 14.3 Å². The number of fused-ring (bicyclic) bond motifs is 1. The number of carbonyl (C=O) groups is 2. The van der Waals surface area contributed by atoms with Crippen LogP contribution < -0.4 is 5.32 Å². The summed E-state index contributed by atoms with van der Waals surface area (Å²) in [6.45, 7) is 5.29. The van der Waals surface area contributed by atoms with E-state index >= 15 is 0 Å². The molecular weight excluding hydrogens is 292 g/mol. The van der Waals surface area contributed by atoms with E-state index in [9.17, 15) is 9.59 Å². The third-order valence-corrected chi connectivity index (χ3v) is 2.92. The van der Waals surface area contributed by atoms with Crippen molar-refractivity contribution in [3.05, 3.63) is 48.2 Å². The SMILES string of the molecule is CC(C)(C)NC(=O)COC(=O)/C=C/c1cccc2cccnc12. The maximum absolute atomic E-state index is 11.7. The van der Waals surface area contributed by atoms with Crippen LogP contribution in [0.5, 0.6) is 0 Å². The number of rotatable bonds is 4. The minimum Gasteiger partial charge on any atom is -0.452 e. The van der Waals surface area contributed by atoms with E-state index in [0.29, 0.717) is 0 Å². The maximum atomic E-state index is 11.7. The summed E-state index contributed by atoms with van der Waals surface area (Å²) in [6, 6.07) is 9.53. The van der Waals surface area contributed by atoms with E-state index < -0.39 is 5.97 Å². The Balaban J connectivity index is 1.97. The Labute approximate surface area is 135 Å². The van der Waals surface area contributed by atoms with Gasteiger partial charge in [-0.1, -0.05) is 24.3 Å². The number of nitrogens with zero attached hydrogens (tertiary/aromatic N) is 1. The molecule has 0 atom stereocenters. The fraction of sp³-hybridized carbons (Fsp3) is 0.278. The largest absolute Gasteiger partial charge is 0.452 e. The molecule has 0 spiro atoms. The van der Waals surface area contributed by atoms with Gasteiger partial charge < -0.3 is 10.1 Å². The standard InChI is InChI=1S/C18H20N2O3/c1-18(2,3)20-15(21)12-23-16(22)10-9-14-7-4-6-13-8-5-11-19-17(13)14/h4-11H,12H2,1-3H3,(H,20,21)/b10-9+. The number of pyridine rings is 1. The lowest BCUT2D eigenvalue weighted by Gasteiger charge is -2.20. The summed E-state index contributed by atoms with van der Waals surface area (Å²) in [5.41, 5.74) is 1.28. The molecular formula is C18H20N2O3. The Morgan fingerprint density at radius 2 is 1.96 bits per heavy atom. The van der Waals surface area contributed by atoms with Crippen molar-refractivity contribution in [1.29, 1.82) is 0 Å². The number of amides is 1. The van der Waals surface area contributed by atoms with Crippen LogP contribution in [0.2, 0.25) is 0 Å². The third-order valence-electron chi connectivity index (χ3n) is 2.92. The van der Waals surface area contributed by atoms with Crippen molar-refractivity contribution in [3.63, 3.8) is 0 Å². The quantitative estimate of drug-likeness (QED) is 0.696.